The van der Waals surface area contributed by atoms with Crippen LogP contribution in [0.25, 0.3) is 0 Å². The number of hydrogen-bond donors (Lipinski definition) is 1. The summed E-state index contributed by atoms with van der Waals surface area (Å²) in [6.45, 7) is 4.23. The summed E-state index contributed by atoms with van der Waals surface area (Å²) in [5, 5.41) is 3.66. The van der Waals surface area contributed by atoms with Gasteiger partial charge in [0, 0.05) is 25.3 Å². The van der Waals surface area contributed by atoms with Crippen molar-refractivity contribution in [1.82, 2.24) is 5.32 Å². The van der Waals surface area contributed by atoms with E-state index in [9.17, 15) is 0 Å². The average molecular weight is 155 g/mol. The Labute approximate surface area is 68.3 Å². The van der Waals surface area contributed by atoms with Crippen LogP contribution in [0, 0.1) is 5.92 Å². The highest BCUT2D eigenvalue weighted by Gasteiger charge is 2.34. The maximum Gasteiger partial charge on any atom is 0.0480 e. The first-order valence-corrected chi connectivity index (χ1v) is 4.70. The number of hydrogen-bond acceptors (Lipinski definition) is 2. The van der Waals surface area contributed by atoms with Crippen molar-refractivity contribution in [3.05, 3.63) is 0 Å². The van der Waals surface area contributed by atoms with Crippen molar-refractivity contribution in [3.8, 4) is 0 Å². The van der Waals surface area contributed by atoms with Crippen LogP contribution in [0.3, 0.4) is 0 Å². The van der Waals surface area contributed by atoms with Crippen LogP contribution >= 0.6 is 0 Å². The van der Waals surface area contributed by atoms with Gasteiger partial charge >= 0.3 is 0 Å². The third-order valence-electron chi connectivity index (χ3n) is 2.78. The monoisotopic (exact) mass is 155 g/mol. The summed E-state index contributed by atoms with van der Waals surface area (Å²) in [7, 11) is 0. The number of nitrogens with one attached hydrogen (secondary N) is 1. The molecule has 2 rings (SSSR count). The molecule has 0 aromatic carbocycles. The fourth-order valence-corrected chi connectivity index (χ4v) is 1.72. The molecule has 0 radical (unpaired) electrons. The molecule has 2 atom stereocenters. The number of ether oxygens (including phenoxy) is 1. The van der Waals surface area contributed by atoms with Gasteiger partial charge in [0.15, 0.2) is 0 Å². The van der Waals surface area contributed by atoms with Crippen LogP contribution in [0.1, 0.15) is 26.2 Å². The van der Waals surface area contributed by atoms with Crippen molar-refractivity contribution in [2.24, 2.45) is 5.92 Å². The van der Waals surface area contributed by atoms with Gasteiger partial charge < -0.3 is 10.1 Å². The van der Waals surface area contributed by atoms with Gasteiger partial charge in [0.1, 0.15) is 0 Å². The predicted molar refractivity (Wildman–Crippen MR) is 44.5 cm³/mol. The highest BCUT2D eigenvalue weighted by atomic mass is 16.5. The Morgan fingerprint density at radius 2 is 1.91 bits per heavy atom. The Bertz CT molecular complexity index is 132. The Balaban J connectivity index is 1.68. The van der Waals surface area contributed by atoms with E-state index in [1.165, 1.54) is 19.3 Å². The molecule has 1 heterocycles. The van der Waals surface area contributed by atoms with Crippen LogP contribution < -0.4 is 5.32 Å². The second-order valence-electron chi connectivity index (χ2n) is 3.87. The second kappa shape index (κ2) is 3.11. The first-order chi connectivity index (χ1) is 5.36. The van der Waals surface area contributed by atoms with Gasteiger partial charge in [-0.2, -0.15) is 0 Å². The molecule has 0 amide bonds. The van der Waals surface area contributed by atoms with Crippen LogP contribution in [-0.2, 0) is 4.74 Å². The Hall–Kier alpha value is -0.0800. The third-order valence-corrected chi connectivity index (χ3v) is 2.78. The topological polar surface area (TPSA) is 21.3 Å². The van der Waals surface area contributed by atoms with Gasteiger partial charge in [0.05, 0.1) is 0 Å². The van der Waals surface area contributed by atoms with E-state index in [-0.39, 0.29) is 0 Å². The summed E-state index contributed by atoms with van der Waals surface area (Å²) in [6.07, 6.45) is 3.81. The van der Waals surface area contributed by atoms with Gasteiger partial charge in [-0.15, -0.1) is 0 Å². The van der Waals surface area contributed by atoms with Gasteiger partial charge in [-0.05, 0) is 25.2 Å². The van der Waals surface area contributed by atoms with Crippen molar-refractivity contribution >= 4 is 0 Å². The zero-order valence-corrected chi connectivity index (χ0v) is 7.18. The highest BCUT2D eigenvalue weighted by molar-refractivity contribution is 4.92. The minimum Gasteiger partial charge on any atom is -0.381 e. The van der Waals surface area contributed by atoms with Crippen molar-refractivity contribution in [2.75, 3.05) is 13.2 Å². The molecule has 2 nitrogen and oxygen atoms in total. The third kappa shape index (κ3) is 1.94. The highest BCUT2D eigenvalue weighted by Crippen LogP contribution is 2.30. The number of rotatable bonds is 2. The zero-order valence-electron chi connectivity index (χ0n) is 7.18. The van der Waals surface area contributed by atoms with E-state index >= 15 is 0 Å². The maximum atomic E-state index is 5.29. The van der Waals surface area contributed by atoms with E-state index in [1.54, 1.807) is 0 Å². The average Bonchev–Trinajstić information content (AvgIpc) is 2.69. The van der Waals surface area contributed by atoms with Crippen LogP contribution in [-0.4, -0.2) is 25.3 Å². The first-order valence-electron chi connectivity index (χ1n) is 4.70. The molecular formula is C9H17NO. The summed E-state index contributed by atoms with van der Waals surface area (Å²) < 4.78 is 5.29. The largest absolute Gasteiger partial charge is 0.381 e. The summed E-state index contributed by atoms with van der Waals surface area (Å²) in [5.41, 5.74) is 0. The van der Waals surface area contributed by atoms with E-state index in [2.05, 4.69) is 12.2 Å². The van der Waals surface area contributed by atoms with Crippen molar-refractivity contribution in [1.29, 1.82) is 0 Å². The van der Waals surface area contributed by atoms with Gasteiger partial charge in [-0.1, -0.05) is 6.92 Å². The molecule has 1 aliphatic carbocycles. The summed E-state index contributed by atoms with van der Waals surface area (Å²) in [4.78, 5) is 0. The summed E-state index contributed by atoms with van der Waals surface area (Å²) >= 11 is 0. The van der Waals surface area contributed by atoms with E-state index in [0.717, 1.165) is 31.2 Å². The molecule has 1 saturated heterocycles. The fourth-order valence-electron chi connectivity index (χ4n) is 1.72. The van der Waals surface area contributed by atoms with Gasteiger partial charge in [-0.25, -0.2) is 0 Å². The van der Waals surface area contributed by atoms with Crippen molar-refractivity contribution < 1.29 is 4.74 Å². The Morgan fingerprint density at radius 3 is 2.45 bits per heavy atom. The molecule has 2 aliphatic rings. The zero-order chi connectivity index (χ0) is 7.68. The SMILES string of the molecule is CC1CC1NC1CCOCC1. The quantitative estimate of drug-likeness (QED) is 0.646. The van der Waals surface area contributed by atoms with Crippen LogP contribution in [0.2, 0.25) is 0 Å². The van der Waals surface area contributed by atoms with Crippen LogP contribution in [0.15, 0.2) is 0 Å². The lowest BCUT2D eigenvalue weighted by molar-refractivity contribution is 0.0773. The lowest BCUT2D eigenvalue weighted by atomic mass is 10.1. The molecular weight excluding hydrogens is 138 g/mol. The summed E-state index contributed by atoms with van der Waals surface area (Å²) in [5.74, 6) is 0.929. The van der Waals surface area contributed by atoms with E-state index < -0.39 is 0 Å². The van der Waals surface area contributed by atoms with Crippen molar-refractivity contribution in [3.63, 3.8) is 0 Å². The maximum absolute atomic E-state index is 5.29. The van der Waals surface area contributed by atoms with E-state index in [0.29, 0.717) is 0 Å². The molecule has 2 heteroatoms. The summed E-state index contributed by atoms with van der Waals surface area (Å²) in [6, 6.07) is 1.58. The second-order valence-corrected chi connectivity index (χ2v) is 3.87. The lowest BCUT2D eigenvalue weighted by Gasteiger charge is -2.23. The molecule has 0 aromatic rings. The normalized spacial score (nSPS) is 39.0. The molecule has 64 valence electrons. The fraction of sp³-hybridized carbons (Fsp3) is 1.00. The molecule has 0 aromatic heterocycles. The molecule has 1 saturated carbocycles. The minimum absolute atomic E-state index is 0.749. The molecule has 2 fully saturated rings. The molecule has 11 heavy (non-hydrogen) atoms. The van der Waals surface area contributed by atoms with Gasteiger partial charge in [0.25, 0.3) is 0 Å². The predicted octanol–water partition coefficient (Wildman–Crippen LogP) is 1.16. The lowest BCUT2D eigenvalue weighted by Crippen LogP contribution is -2.36. The van der Waals surface area contributed by atoms with Crippen molar-refractivity contribution in [2.45, 2.75) is 38.3 Å². The van der Waals surface area contributed by atoms with Gasteiger partial charge in [0.2, 0.25) is 0 Å². The first kappa shape index (κ1) is 7.56. The molecule has 2 unspecified atom stereocenters. The van der Waals surface area contributed by atoms with E-state index in [4.69, 9.17) is 4.74 Å². The van der Waals surface area contributed by atoms with E-state index in [1.807, 2.05) is 0 Å². The molecule has 1 aliphatic heterocycles. The Kier molecular flexibility index (Phi) is 2.14. The molecule has 0 spiro atoms. The smallest absolute Gasteiger partial charge is 0.0480 e. The Morgan fingerprint density at radius 1 is 1.27 bits per heavy atom. The van der Waals surface area contributed by atoms with Crippen LogP contribution in [0.4, 0.5) is 0 Å². The van der Waals surface area contributed by atoms with Gasteiger partial charge in [-0.3, -0.25) is 0 Å². The minimum atomic E-state index is 0.749. The standard InChI is InChI=1S/C9H17NO/c1-7-6-9(7)10-8-2-4-11-5-3-8/h7-10H,2-6H2,1H3. The van der Waals surface area contributed by atoms with Crippen LogP contribution in [0.5, 0.6) is 0 Å². The molecule has 1 N–H and O–H groups in total. The molecule has 0 bridgehead atoms.